The van der Waals surface area contributed by atoms with Gasteiger partial charge in [-0.05, 0) is 89.3 Å². The number of benzene rings is 8. The molecule has 5 nitrogen and oxygen atoms in total. The van der Waals surface area contributed by atoms with Crippen molar-refractivity contribution in [2.24, 2.45) is 0 Å². The van der Waals surface area contributed by atoms with Crippen LogP contribution >= 0.6 is 0 Å². The summed E-state index contributed by atoms with van der Waals surface area (Å²) in [6.45, 7) is 7.58. The van der Waals surface area contributed by atoms with Gasteiger partial charge in [-0.1, -0.05) is 103 Å². The van der Waals surface area contributed by atoms with Crippen molar-refractivity contribution in [2.75, 3.05) is 0 Å². The van der Waals surface area contributed by atoms with Crippen LogP contribution in [0.25, 0.3) is 98.5 Å². The topological polar surface area (TPSA) is 42.9 Å². The van der Waals surface area contributed by atoms with Gasteiger partial charge in [-0.25, -0.2) is 4.85 Å². The largest absolute Gasteiger partial charge is 0.309 e. The zero-order valence-corrected chi connectivity index (χ0v) is 29.5. The van der Waals surface area contributed by atoms with Gasteiger partial charge in [-0.3, -0.25) is 0 Å². The average molecular weight is 700 g/mol. The molecule has 0 radical (unpaired) electrons. The Morgan fingerprint density at radius 1 is 0.400 bits per heavy atom. The van der Waals surface area contributed by atoms with E-state index in [1.165, 1.54) is 10.8 Å². The maximum atomic E-state index is 10.8. The minimum absolute atomic E-state index is 0.594. The highest BCUT2D eigenvalue weighted by Crippen LogP contribution is 2.39. The number of nitriles is 1. The molecule has 0 aliphatic heterocycles. The standard InChI is InChI=1S/C50H29N5/c1-52-35-22-26-49-43(29-35)41-16-5-8-19-47(41)53(49)36-12-10-11-32(28-36)33-21-25-44(34(27-33)31-51)55-48-20-9-4-15-40(48)42-24-23-37(30-50(42)55)54-45-17-6-2-13-38(45)39-14-3-7-18-46(39)54/h2-30H. The van der Waals surface area contributed by atoms with Crippen molar-refractivity contribution in [3.63, 3.8) is 0 Å². The van der Waals surface area contributed by atoms with Crippen LogP contribution < -0.4 is 0 Å². The Kier molecular flexibility index (Phi) is 6.61. The van der Waals surface area contributed by atoms with E-state index in [4.69, 9.17) is 6.57 Å². The fourth-order valence-corrected chi connectivity index (χ4v) is 8.69. The first-order valence-electron chi connectivity index (χ1n) is 18.3. The number of fused-ring (bicyclic) bond motifs is 9. The Hall–Kier alpha value is -7.86. The molecule has 0 saturated heterocycles. The summed E-state index contributed by atoms with van der Waals surface area (Å²) in [4.78, 5) is 3.69. The number of hydrogen-bond donors (Lipinski definition) is 0. The van der Waals surface area contributed by atoms with E-state index >= 15 is 0 Å². The minimum Gasteiger partial charge on any atom is -0.309 e. The smallest absolute Gasteiger partial charge is 0.188 e. The Morgan fingerprint density at radius 2 is 0.927 bits per heavy atom. The summed E-state index contributed by atoms with van der Waals surface area (Å²) in [5.74, 6) is 0. The van der Waals surface area contributed by atoms with Crippen LogP contribution in [0.5, 0.6) is 0 Å². The Labute approximate surface area is 316 Å². The van der Waals surface area contributed by atoms with Crippen molar-refractivity contribution >= 4 is 71.1 Å². The zero-order valence-electron chi connectivity index (χ0n) is 29.5. The van der Waals surface area contributed by atoms with E-state index in [0.29, 0.717) is 11.3 Å². The minimum atomic E-state index is 0.594. The lowest BCUT2D eigenvalue weighted by Crippen LogP contribution is -2.00. The van der Waals surface area contributed by atoms with E-state index in [-0.39, 0.29) is 0 Å². The molecular formula is C50H29N5. The van der Waals surface area contributed by atoms with Gasteiger partial charge in [-0.15, -0.1) is 0 Å². The molecule has 0 amide bonds. The van der Waals surface area contributed by atoms with Crippen LogP contribution in [0.1, 0.15) is 5.56 Å². The molecule has 0 spiro atoms. The molecule has 3 heterocycles. The van der Waals surface area contributed by atoms with Gasteiger partial charge in [0.1, 0.15) is 6.07 Å². The highest BCUT2D eigenvalue weighted by molar-refractivity contribution is 6.13. The summed E-state index contributed by atoms with van der Waals surface area (Å²) in [6, 6.07) is 63.8. The molecule has 0 saturated carbocycles. The van der Waals surface area contributed by atoms with Crippen LogP contribution in [0.4, 0.5) is 5.69 Å². The fraction of sp³-hybridized carbons (Fsp3) is 0. The SMILES string of the molecule is [C-]#[N+]c1ccc2c(c1)c1ccccc1n2-c1cccc(-c2ccc(-n3c4ccccc4c4ccc(-n5c6ccccc6c6ccccc65)cc43)c(C#N)c2)c1. The molecule has 11 rings (SSSR count). The lowest BCUT2D eigenvalue weighted by Gasteiger charge is -2.14. The molecule has 3 aromatic heterocycles. The monoisotopic (exact) mass is 699 g/mol. The van der Waals surface area contributed by atoms with Crippen molar-refractivity contribution in [1.29, 1.82) is 5.26 Å². The van der Waals surface area contributed by atoms with E-state index in [2.05, 4.69) is 170 Å². The maximum absolute atomic E-state index is 10.8. The second kappa shape index (κ2) is 11.8. The number of hydrogen-bond acceptors (Lipinski definition) is 1. The third-order valence-corrected chi connectivity index (χ3v) is 11.1. The normalized spacial score (nSPS) is 11.6. The molecule has 8 aromatic carbocycles. The van der Waals surface area contributed by atoms with Gasteiger partial charge in [0.2, 0.25) is 0 Å². The molecule has 0 N–H and O–H groups in total. The van der Waals surface area contributed by atoms with E-state index in [1.807, 2.05) is 30.3 Å². The van der Waals surface area contributed by atoms with Crippen molar-refractivity contribution in [1.82, 2.24) is 13.7 Å². The van der Waals surface area contributed by atoms with Crippen molar-refractivity contribution < 1.29 is 0 Å². The lowest BCUT2D eigenvalue weighted by molar-refractivity contribution is 1.15. The van der Waals surface area contributed by atoms with Gasteiger partial charge in [0.05, 0.1) is 50.9 Å². The average Bonchev–Trinajstić information content (AvgIpc) is 3.88. The Morgan fingerprint density at radius 3 is 1.55 bits per heavy atom. The number of rotatable bonds is 4. The highest BCUT2D eigenvalue weighted by Gasteiger charge is 2.19. The van der Waals surface area contributed by atoms with E-state index in [0.717, 1.165) is 82.8 Å². The number of para-hydroxylation sites is 4. The van der Waals surface area contributed by atoms with Crippen LogP contribution in [0.3, 0.4) is 0 Å². The van der Waals surface area contributed by atoms with Crippen LogP contribution in [0.15, 0.2) is 176 Å². The lowest BCUT2D eigenvalue weighted by atomic mass is 10.0. The Bertz CT molecular complexity index is 3420. The molecule has 5 heteroatoms. The van der Waals surface area contributed by atoms with Gasteiger partial charge in [0.25, 0.3) is 0 Å². The second-order valence-corrected chi connectivity index (χ2v) is 14.0. The highest BCUT2D eigenvalue weighted by atomic mass is 15.0. The van der Waals surface area contributed by atoms with Crippen molar-refractivity contribution in [3.8, 4) is 34.3 Å². The molecule has 0 unspecified atom stereocenters. The third-order valence-electron chi connectivity index (χ3n) is 11.1. The summed E-state index contributed by atoms with van der Waals surface area (Å²) in [5, 5.41) is 17.6. The third kappa shape index (κ3) is 4.51. The molecule has 0 bridgehead atoms. The predicted molar refractivity (Wildman–Crippen MR) is 226 cm³/mol. The van der Waals surface area contributed by atoms with Crippen molar-refractivity contribution in [3.05, 3.63) is 193 Å². The van der Waals surface area contributed by atoms with Gasteiger partial charge in [0.15, 0.2) is 5.69 Å². The van der Waals surface area contributed by atoms with Gasteiger partial charge < -0.3 is 13.7 Å². The van der Waals surface area contributed by atoms with Gasteiger partial charge >= 0.3 is 0 Å². The summed E-state index contributed by atoms with van der Waals surface area (Å²) in [7, 11) is 0. The zero-order chi connectivity index (χ0) is 36.6. The first kappa shape index (κ1) is 30.7. The van der Waals surface area contributed by atoms with Crippen LogP contribution in [0, 0.1) is 17.9 Å². The van der Waals surface area contributed by atoms with Crippen molar-refractivity contribution in [2.45, 2.75) is 0 Å². The first-order valence-corrected chi connectivity index (χ1v) is 18.3. The first-order chi connectivity index (χ1) is 27.2. The summed E-state index contributed by atoms with van der Waals surface area (Å²) in [6.07, 6.45) is 0. The van der Waals surface area contributed by atoms with Gasteiger partial charge in [0, 0.05) is 38.3 Å². The van der Waals surface area contributed by atoms with E-state index < -0.39 is 0 Å². The molecular weight excluding hydrogens is 671 g/mol. The summed E-state index contributed by atoms with van der Waals surface area (Å²) in [5.41, 5.74) is 12.6. The molecule has 254 valence electrons. The van der Waals surface area contributed by atoms with Gasteiger partial charge in [-0.2, -0.15) is 5.26 Å². The second-order valence-electron chi connectivity index (χ2n) is 14.0. The maximum Gasteiger partial charge on any atom is 0.188 e. The van der Waals surface area contributed by atoms with E-state index in [9.17, 15) is 5.26 Å². The van der Waals surface area contributed by atoms with Crippen LogP contribution in [-0.2, 0) is 0 Å². The van der Waals surface area contributed by atoms with E-state index in [1.54, 1.807) is 0 Å². The molecule has 0 fully saturated rings. The summed E-state index contributed by atoms with van der Waals surface area (Å²) < 4.78 is 6.85. The predicted octanol–water partition coefficient (Wildman–Crippen LogP) is 13.1. The molecule has 0 atom stereocenters. The number of aromatic nitrogens is 3. The molecule has 11 aromatic rings. The Balaban J connectivity index is 1.08. The molecule has 0 aliphatic rings. The quantitative estimate of drug-likeness (QED) is 0.169. The fourth-order valence-electron chi connectivity index (χ4n) is 8.69. The molecule has 55 heavy (non-hydrogen) atoms. The molecule has 0 aliphatic carbocycles. The van der Waals surface area contributed by atoms with Crippen LogP contribution in [0.2, 0.25) is 0 Å². The van der Waals surface area contributed by atoms with Crippen LogP contribution in [-0.4, -0.2) is 13.7 Å². The number of nitrogens with zero attached hydrogens (tertiary/aromatic N) is 5. The summed E-state index contributed by atoms with van der Waals surface area (Å²) >= 11 is 0.